The van der Waals surface area contributed by atoms with Crippen molar-refractivity contribution >= 4 is 47.1 Å². The van der Waals surface area contributed by atoms with Gasteiger partial charge in [0.15, 0.2) is 0 Å². The SMILES string of the molecule is CC(C)CCCCCCCCC(=O)N(C)[C@H](CO)C(=O)N[C@H](C)C(=O)NCC(=O)N(C)[C@@H]1C(=O)N[C@@H](C)C(=O)N[C@H](C(=O)O)Cc2cc(c(O)c([N+](=O)[O-])c2)-c2cc1ccc2O. The predicted octanol–water partition coefficient (Wildman–Crippen LogP) is 2.02. The second-order valence-corrected chi connectivity index (χ2v) is 16.0. The van der Waals surface area contributed by atoms with Gasteiger partial charge in [-0.2, -0.15) is 0 Å². The van der Waals surface area contributed by atoms with Gasteiger partial charge in [0.25, 0.3) is 0 Å². The van der Waals surface area contributed by atoms with Crippen LogP contribution < -0.4 is 21.3 Å². The molecule has 8 N–H and O–H groups in total. The molecule has 0 aromatic heterocycles. The van der Waals surface area contributed by atoms with Crippen LogP contribution in [0, 0.1) is 16.0 Å². The Bertz CT molecular complexity index is 1990. The van der Waals surface area contributed by atoms with E-state index in [1.165, 1.54) is 59.0 Å². The van der Waals surface area contributed by atoms with E-state index in [0.29, 0.717) is 12.3 Å². The number of phenolic OH excluding ortho intramolecular Hbond substituents is 2. The lowest BCUT2D eigenvalue weighted by molar-refractivity contribution is -0.385. The summed E-state index contributed by atoms with van der Waals surface area (Å²) in [5.41, 5.74) is -1.39. The Hall–Kier alpha value is -6.31. The van der Waals surface area contributed by atoms with Gasteiger partial charge in [0.1, 0.15) is 36.0 Å². The van der Waals surface area contributed by atoms with Gasteiger partial charge in [-0.3, -0.25) is 38.9 Å². The molecule has 0 radical (unpaired) electrons. The van der Waals surface area contributed by atoms with Crippen LogP contribution in [0.5, 0.6) is 11.5 Å². The largest absolute Gasteiger partial charge is 0.507 e. The zero-order valence-corrected chi connectivity index (χ0v) is 35.9. The fourth-order valence-electron chi connectivity index (χ4n) is 6.95. The molecule has 6 amide bonds. The van der Waals surface area contributed by atoms with Crippen molar-refractivity contribution in [1.82, 2.24) is 31.1 Å². The van der Waals surface area contributed by atoms with Crippen molar-refractivity contribution in [3.8, 4) is 22.6 Å². The number of amides is 6. The lowest BCUT2D eigenvalue weighted by Gasteiger charge is -2.30. The highest BCUT2D eigenvalue weighted by atomic mass is 16.6. The molecule has 5 atom stereocenters. The molecule has 1 aliphatic heterocycles. The summed E-state index contributed by atoms with van der Waals surface area (Å²) >= 11 is 0. The Morgan fingerprint density at radius 3 is 2.15 bits per heavy atom. The number of carbonyl (C=O) groups is 7. The third-order valence-corrected chi connectivity index (χ3v) is 10.7. The van der Waals surface area contributed by atoms with Crippen LogP contribution in [0.3, 0.4) is 0 Å². The van der Waals surface area contributed by atoms with E-state index in [2.05, 4.69) is 35.1 Å². The number of likely N-dealkylation sites (N-methyl/N-ethyl adjacent to an activating group) is 2. The number of hydrogen-bond donors (Lipinski definition) is 8. The first-order valence-corrected chi connectivity index (χ1v) is 20.6. The number of phenols is 2. The molecule has 20 nitrogen and oxygen atoms in total. The van der Waals surface area contributed by atoms with Crippen molar-refractivity contribution in [1.29, 1.82) is 0 Å². The number of carboxylic acid groups (broad SMARTS) is 1. The molecule has 0 spiro atoms. The number of unbranched alkanes of at least 4 members (excludes halogenated alkanes) is 5. The number of carboxylic acids is 1. The van der Waals surface area contributed by atoms with Gasteiger partial charge in [-0.1, -0.05) is 58.4 Å². The number of nitrogens with one attached hydrogen (secondary N) is 4. The van der Waals surface area contributed by atoms with Gasteiger partial charge in [0, 0.05) is 44.1 Å². The first-order valence-electron chi connectivity index (χ1n) is 20.6. The van der Waals surface area contributed by atoms with Crippen LogP contribution in [0.25, 0.3) is 11.1 Å². The normalized spacial score (nSPS) is 17.4. The second-order valence-electron chi connectivity index (χ2n) is 16.0. The summed E-state index contributed by atoms with van der Waals surface area (Å²) in [6.45, 7) is 5.51. The molecule has 62 heavy (non-hydrogen) atoms. The molecular weight excluding hydrogens is 810 g/mol. The van der Waals surface area contributed by atoms with E-state index in [1.807, 2.05) is 0 Å². The van der Waals surface area contributed by atoms with Crippen LogP contribution in [0.2, 0.25) is 0 Å². The Balaban J connectivity index is 1.77. The molecule has 0 saturated carbocycles. The van der Waals surface area contributed by atoms with E-state index in [-0.39, 0.29) is 34.6 Å². The van der Waals surface area contributed by atoms with Gasteiger partial charge >= 0.3 is 11.7 Å². The minimum atomic E-state index is -1.65. The number of rotatable bonds is 19. The van der Waals surface area contributed by atoms with E-state index < -0.39 is 107 Å². The maximum atomic E-state index is 13.9. The maximum Gasteiger partial charge on any atom is 0.326 e. The minimum Gasteiger partial charge on any atom is -0.507 e. The molecule has 0 unspecified atom stereocenters. The average Bonchev–Trinajstić information content (AvgIpc) is 3.20. The molecule has 4 bridgehead atoms. The number of nitro groups is 1. The van der Waals surface area contributed by atoms with Crippen molar-refractivity contribution in [3.05, 3.63) is 51.6 Å². The summed E-state index contributed by atoms with van der Waals surface area (Å²) in [5, 5.41) is 63.1. The summed E-state index contributed by atoms with van der Waals surface area (Å²) in [7, 11) is 2.58. The molecule has 0 saturated heterocycles. The topological polar surface area (TPSA) is 298 Å². The third kappa shape index (κ3) is 13.6. The highest BCUT2D eigenvalue weighted by Crippen LogP contribution is 2.43. The minimum absolute atomic E-state index is 0.00276. The number of fused-ring (bicyclic) bond motifs is 5. The van der Waals surface area contributed by atoms with Crippen molar-refractivity contribution in [3.63, 3.8) is 0 Å². The highest BCUT2D eigenvalue weighted by Gasteiger charge is 2.35. The van der Waals surface area contributed by atoms with E-state index in [9.17, 15) is 64.1 Å². The van der Waals surface area contributed by atoms with Crippen LogP contribution in [0.15, 0.2) is 30.3 Å². The highest BCUT2D eigenvalue weighted by molar-refractivity contribution is 5.96. The monoisotopic (exact) mass is 869 g/mol. The number of hydrogen-bond acceptors (Lipinski definition) is 12. The van der Waals surface area contributed by atoms with Gasteiger partial charge in [-0.15, -0.1) is 0 Å². The van der Waals surface area contributed by atoms with Crippen LogP contribution in [0.4, 0.5) is 5.69 Å². The van der Waals surface area contributed by atoms with Crippen molar-refractivity contribution < 1.29 is 58.9 Å². The number of carbonyl (C=O) groups excluding carboxylic acids is 6. The van der Waals surface area contributed by atoms with E-state index in [4.69, 9.17) is 0 Å². The smallest absolute Gasteiger partial charge is 0.326 e. The zero-order chi connectivity index (χ0) is 46.4. The number of aliphatic carboxylic acids is 1. The molecule has 340 valence electrons. The summed E-state index contributed by atoms with van der Waals surface area (Å²) in [6.07, 6.45) is 6.70. The Morgan fingerprint density at radius 1 is 0.887 bits per heavy atom. The molecule has 20 heteroatoms. The Labute approximate surface area is 359 Å². The van der Waals surface area contributed by atoms with Crippen LogP contribution in [0.1, 0.15) is 96.2 Å². The van der Waals surface area contributed by atoms with Gasteiger partial charge in [-0.25, -0.2) is 4.79 Å². The number of aliphatic hydroxyl groups excluding tert-OH is 1. The van der Waals surface area contributed by atoms with Gasteiger partial charge in [0.2, 0.25) is 41.2 Å². The Kier molecular flexibility index (Phi) is 18.6. The summed E-state index contributed by atoms with van der Waals surface area (Å²) < 4.78 is 0. The first kappa shape index (κ1) is 50.0. The zero-order valence-electron chi connectivity index (χ0n) is 35.9. The standard InChI is InChI=1S/C42H59N7O13/c1-23(2)13-11-9-7-8-10-12-14-34(52)47(5)32(22-50)40(57)44-24(3)38(55)43-21-35(53)48(6)36-27-15-16-33(51)28(20-27)29-17-26(19-31(37(29)54)49(61)62)18-30(42(59)60)46-39(56)25(4)45-41(36)58/h15-17,19-20,23-25,30,32,36,50-51,54H,7-14,18,21-22H2,1-6H3,(H,43,55)(H,44,57)(H,45,58)(H,46,56)(H,59,60)/t24-,25+,30+,32-,36+/m1/s1. The van der Waals surface area contributed by atoms with Crippen LogP contribution >= 0.6 is 0 Å². The average molecular weight is 870 g/mol. The maximum absolute atomic E-state index is 13.9. The van der Waals surface area contributed by atoms with Crippen molar-refractivity contribution in [2.75, 3.05) is 27.2 Å². The molecular formula is C42H59N7O13. The lowest BCUT2D eigenvalue weighted by Crippen LogP contribution is -2.55. The van der Waals surface area contributed by atoms with Gasteiger partial charge in [0.05, 0.1) is 18.1 Å². The predicted molar refractivity (Wildman–Crippen MR) is 224 cm³/mol. The van der Waals surface area contributed by atoms with Crippen molar-refractivity contribution in [2.24, 2.45) is 5.92 Å². The number of aliphatic hydroxyl groups is 1. The van der Waals surface area contributed by atoms with Crippen LogP contribution in [-0.2, 0) is 40.0 Å². The second kappa shape index (κ2) is 23.1. The molecule has 1 heterocycles. The summed E-state index contributed by atoms with van der Waals surface area (Å²) in [5.74, 6) is -7.03. The number of benzene rings is 2. The van der Waals surface area contributed by atoms with Crippen molar-refractivity contribution in [2.45, 2.75) is 116 Å². The van der Waals surface area contributed by atoms with E-state index in [1.54, 1.807) is 0 Å². The fourth-order valence-corrected chi connectivity index (χ4v) is 6.95. The van der Waals surface area contributed by atoms with E-state index in [0.717, 1.165) is 47.6 Å². The number of nitrogens with zero attached hydrogens (tertiary/aromatic N) is 3. The third-order valence-electron chi connectivity index (χ3n) is 10.7. The Morgan fingerprint density at radius 2 is 1.53 bits per heavy atom. The molecule has 2 aromatic rings. The molecule has 2 aromatic carbocycles. The van der Waals surface area contributed by atoms with Gasteiger partial charge in [-0.05, 0) is 55.5 Å². The molecule has 0 aliphatic carbocycles. The lowest BCUT2D eigenvalue weighted by atomic mass is 9.93. The molecule has 1 aliphatic rings. The van der Waals surface area contributed by atoms with Crippen LogP contribution in [-0.4, -0.2) is 128 Å². The summed E-state index contributed by atoms with van der Waals surface area (Å²) in [4.78, 5) is 105. The number of nitro benzene ring substituents is 1. The molecule has 3 rings (SSSR count). The van der Waals surface area contributed by atoms with Gasteiger partial charge < -0.3 is 51.5 Å². The quantitative estimate of drug-likeness (QED) is 0.0570. The molecule has 0 fully saturated rings. The van der Waals surface area contributed by atoms with E-state index >= 15 is 0 Å². The first-order chi connectivity index (χ1) is 29.2. The fraction of sp³-hybridized carbons (Fsp3) is 0.548. The summed E-state index contributed by atoms with van der Waals surface area (Å²) in [6, 6.07) is -1.53. The number of aromatic hydroxyl groups is 2.